The van der Waals surface area contributed by atoms with Gasteiger partial charge in [0.25, 0.3) is 0 Å². The average Bonchev–Trinajstić information content (AvgIpc) is 3.45. The van der Waals surface area contributed by atoms with Crippen LogP contribution in [0.1, 0.15) is 31.0 Å². The van der Waals surface area contributed by atoms with E-state index in [1.54, 1.807) is 12.3 Å². The van der Waals surface area contributed by atoms with E-state index in [0.717, 1.165) is 42.8 Å². The lowest BCUT2D eigenvalue weighted by molar-refractivity contribution is 0.0985. The maximum Gasteiger partial charge on any atom is 0.135 e. The van der Waals surface area contributed by atoms with Crippen molar-refractivity contribution in [1.29, 1.82) is 5.41 Å². The SMILES string of the molecule is CC1COCCN1c1nc2c(C(=N)/C=C\N)nccc2c2c1CCN2C1CC1. The van der Waals surface area contributed by atoms with Gasteiger partial charge in [-0.2, -0.15) is 0 Å². The predicted octanol–water partition coefficient (Wildman–Crippen LogP) is 2.22. The molecule has 7 nitrogen and oxygen atoms in total. The molecule has 1 atom stereocenters. The van der Waals surface area contributed by atoms with Crippen molar-refractivity contribution < 1.29 is 4.74 Å². The number of ether oxygens (including phenoxy) is 1. The molecule has 2 fully saturated rings. The van der Waals surface area contributed by atoms with Crippen LogP contribution in [0.5, 0.6) is 0 Å². The van der Waals surface area contributed by atoms with E-state index in [2.05, 4.69) is 27.8 Å². The third-order valence-electron chi connectivity index (χ3n) is 5.99. The molecular weight excluding hydrogens is 352 g/mol. The lowest BCUT2D eigenvalue weighted by Crippen LogP contribution is -2.44. The second-order valence-electron chi connectivity index (χ2n) is 7.88. The Balaban J connectivity index is 1.75. The fourth-order valence-corrected chi connectivity index (χ4v) is 4.51. The molecule has 3 N–H and O–H groups in total. The van der Waals surface area contributed by atoms with Gasteiger partial charge >= 0.3 is 0 Å². The zero-order valence-electron chi connectivity index (χ0n) is 16.2. The number of morpholine rings is 1. The van der Waals surface area contributed by atoms with Crippen molar-refractivity contribution in [2.45, 2.75) is 38.3 Å². The number of fused-ring (bicyclic) bond motifs is 3. The minimum absolute atomic E-state index is 0.279. The Kier molecular flexibility index (Phi) is 4.19. The summed E-state index contributed by atoms with van der Waals surface area (Å²) in [5.74, 6) is 1.04. The van der Waals surface area contributed by atoms with E-state index < -0.39 is 0 Å². The number of hydrogen-bond donors (Lipinski definition) is 2. The van der Waals surface area contributed by atoms with Crippen LogP contribution in [0.15, 0.2) is 24.5 Å². The van der Waals surface area contributed by atoms with Gasteiger partial charge in [0.1, 0.15) is 17.0 Å². The van der Waals surface area contributed by atoms with Crippen molar-refractivity contribution in [2.75, 3.05) is 36.1 Å². The second kappa shape index (κ2) is 6.74. The van der Waals surface area contributed by atoms with E-state index in [0.29, 0.717) is 18.3 Å². The summed E-state index contributed by atoms with van der Waals surface area (Å²) in [6.07, 6.45) is 8.29. The molecule has 146 valence electrons. The lowest BCUT2D eigenvalue weighted by atomic mass is 10.0. The number of hydrogen-bond acceptors (Lipinski definition) is 7. The Morgan fingerprint density at radius 1 is 1.32 bits per heavy atom. The molecule has 3 aliphatic rings. The topological polar surface area (TPSA) is 91.4 Å². The summed E-state index contributed by atoms with van der Waals surface area (Å²) in [6, 6.07) is 2.97. The van der Waals surface area contributed by atoms with Crippen molar-refractivity contribution in [3.8, 4) is 0 Å². The molecule has 2 aliphatic heterocycles. The van der Waals surface area contributed by atoms with Crippen LogP contribution in [0.4, 0.5) is 11.5 Å². The highest BCUT2D eigenvalue weighted by Crippen LogP contribution is 2.45. The van der Waals surface area contributed by atoms with Crippen molar-refractivity contribution >= 4 is 28.1 Å². The molecule has 2 aromatic rings. The molecule has 0 amide bonds. The van der Waals surface area contributed by atoms with E-state index in [1.165, 1.54) is 30.3 Å². The molecule has 0 spiro atoms. The van der Waals surface area contributed by atoms with Crippen LogP contribution in [-0.2, 0) is 11.2 Å². The van der Waals surface area contributed by atoms with Crippen LogP contribution in [0.25, 0.3) is 10.9 Å². The molecule has 1 saturated carbocycles. The molecule has 2 aromatic heterocycles. The molecule has 1 unspecified atom stereocenters. The van der Waals surface area contributed by atoms with Gasteiger partial charge in [0.05, 0.1) is 30.7 Å². The van der Waals surface area contributed by atoms with E-state index in [4.69, 9.17) is 20.9 Å². The van der Waals surface area contributed by atoms with Crippen molar-refractivity contribution in [2.24, 2.45) is 5.73 Å². The Morgan fingerprint density at radius 2 is 2.18 bits per heavy atom. The van der Waals surface area contributed by atoms with E-state index in [9.17, 15) is 0 Å². The summed E-state index contributed by atoms with van der Waals surface area (Å²) >= 11 is 0. The summed E-state index contributed by atoms with van der Waals surface area (Å²) in [5.41, 5.74) is 9.85. The number of nitrogens with one attached hydrogen (secondary N) is 1. The van der Waals surface area contributed by atoms with E-state index >= 15 is 0 Å². The molecule has 1 aliphatic carbocycles. The van der Waals surface area contributed by atoms with Gasteiger partial charge in [0.2, 0.25) is 0 Å². The number of allylic oxidation sites excluding steroid dienone is 1. The van der Waals surface area contributed by atoms with Crippen LogP contribution in [0, 0.1) is 5.41 Å². The molecular formula is C21H26N6O. The highest BCUT2D eigenvalue weighted by Gasteiger charge is 2.38. The number of pyridine rings is 2. The van der Waals surface area contributed by atoms with E-state index in [-0.39, 0.29) is 11.8 Å². The highest BCUT2D eigenvalue weighted by molar-refractivity contribution is 6.14. The van der Waals surface area contributed by atoms with Gasteiger partial charge in [-0.05, 0) is 44.5 Å². The molecule has 28 heavy (non-hydrogen) atoms. The number of aromatic nitrogens is 2. The van der Waals surface area contributed by atoms with Gasteiger partial charge in [-0.15, -0.1) is 0 Å². The largest absolute Gasteiger partial charge is 0.405 e. The fourth-order valence-electron chi connectivity index (χ4n) is 4.51. The van der Waals surface area contributed by atoms with Crippen LogP contribution in [0.3, 0.4) is 0 Å². The van der Waals surface area contributed by atoms with Crippen molar-refractivity contribution in [3.05, 3.63) is 35.8 Å². The first-order valence-corrected chi connectivity index (χ1v) is 10.1. The number of anilines is 2. The summed E-state index contributed by atoms with van der Waals surface area (Å²) < 4.78 is 5.65. The van der Waals surface area contributed by atoms with Gasteiger partial charge in [-0.3, -0.25) is 10.4 Å². The second-order valence-corrected chi connectivity index (χ2v) is 7.88. The molecule has 1 saturated heterocycles. The summed E-state index contributed by atoms with van der Waals surface area (Å²) in [6.45, 7) is 5.51. The Hall–Kier alpha value is -2.67. The first-order chi connectivity index (χ1) is 13.7. The standard InChI is InChI=1S/C21H26N6O/c1-13-12-28-11-10-26(13)21-16-6-9-27(14-2-3-14)20(16)15-5-8-24-19(18(15)25-21)17(23)4-7-22/h4-5,7-8,13-14,23H,2-3,6,9-12,22H2,1H3/b7-4-,23-17?. The van der Waals surface area contributed by atoms with Crippen molar-refractivity contribution in [1.82, 2.24) is 9.97 Å². The minimum Gasteiger partial charge on any atom is -0.405 e. The van der Waals surface area contributed by atoms with Gasteiger partial charge in [-0.25, -0.2) is 4.98 Å². The van der Waals surface area contributed by atoms with Crippen LogP contribution in [-0.4, -0.2) is 54.1 Å². The van der Waals surface area contributed by atoms with Gasteiger partial charge in [0, 0.05) is 36.3 Å². The van der Waals surface area contributed by atoms with Crippen molar-refractivity contribution in [3.63, 3.8) is 0 Å². The first-order valence-electron chi connectivity index (χ1n) is 10.1. The first kappa shape index (κ1) is 17.4. The quantitative estimate of drug-likeness (QED) is 0.793. The highest BCUT2D eigenvalue weighted by atomic mass is 16.5. The molecule has 4 heterocycles. The zero-order valence-corrected chi connectivity index (χ0v) is 16.2. The van der Waals surface area contributed by atoms with E-state index in [1.807, 2.05) is 0 Å². The van der Waals surface area contributed by atoms with Gasteiger partial charge < -0.3 is 20.3 Å². The lowest BCUT2D eigenvalue weighted by Gasteiger charge is -2.36. The Morgan fingerprint density at radius 3 is 2.93 bits per heavy atom. The minimum atomic E-state index is 0.279. The molecule has 0 bridgehead atoms. The predicted molar refractivity (Wildman–Crippen MR) is 111 cm³/mol. The normalized spacial score (nSPS) is 22.2. The Labute approximate surface area is 164 Å². The number of nitrogens with zero attached hydrogens (tertiary/aromatic N) is 4. The summed E-state index contributed by atoms with van der Waals surface area (Å²) in [4.78, 5) is 14.5. The third kappa shape index (κ3) is 2.73. The molecule has 0 radical (unpaired) electrons. The maximum absolute atomic E-state index is 8.39. The fraction of sp³-hybridized carbons (Fsp3) is 0.476. The monoisotopic (exact) mass is 378 g/mol. The zero-order chi connectivity index (χ0) is 19.3. The molecule has 5 rings (SSSR count). The number of rotatable bonds is 4. The summed E-state index contributed by atoms with van der Waals surface area (Å²) in [5, 5.41) is 9.49. The van der Waals surface area contributed by atoms with Crippen LogP contribution in [0.2, 0.25) is 0 Å². The Bertz CT molecular complexity index is 967. The van der Waals surface area contributed by atoms with Crippen LogP contribution < -0.4 is 15.5 Å². The van der Waals surface area contributed by atoms with Gasteiger partial charge in [0.15, 0.2) is 0 Å². The maximum atomic E-state index is 8.39. The third-order valence-corrected chi connectivity index (χ3v) is 5.99. The van der Waals surface area contributed by atoms with Crippen LogP contribution >= 0.6 is 0 Å². The average molecular weight is 378 g/mol. The molecule has 0 aromatic carbocycles. The number of nitrogens with two attached hydrogens (primary N) is 1. The summed E-state index contributed by atoms with van der Waals surface area (Å²) in [7, 11) is 0. The molecule has 7 heteroatoms. The smallest absolute Gasteiger partial charge is 0.135 e. The van der Waals surface area contributed by atoms with Gasteiger partial charge in [-0.1, -0.05) is 0 Å².